The SMILES string of the molecule is O=C(Nc1cnc(Br)cn1)c1nccc2ccccc12. The van der Waals surface area contributed by atoms with Crippen LogP contribution in [0, 0.1) is 0 Å². The van der Waals surface area contributed by atoms with E-state index in [0.29, 0.717) is 16.1 Å². The minimum atomic E-state index is -0.307. The van der Waals surface area contributed by atoms with Crippen molar-refractivity contribution in [3.8, 4) is 0 Å². The van der Waals surface area contributed by atoms with Crippen LogP contribution in [0.25, 0.3) is 10.8 Å². The van der Waals surface area contributed by atoms with Gasteiger partial charge in [-0.25, -0.2) is 9.97 Å². The van der Waals surface area contributed by atoms with Gasteiger partial charge in [0.1, 0.15) is 10.3 Å². The molecule has 5 nitrogen and oxygen atoms in total. The number of nitrogens with zero attached hydrogens (tertiary/aromatic N) is 3. The fraction of sp³-hybridized carbons (Fsp3) is 0. The van der Waals surface area contributed by atoms with Crippen molar-refractivity contribution in [2.24, 2.45) is 0 Å². The number of benzene rings is 1. The van der Waals surface area contributed by atoms with Gasteiger partial charge in [0.15, 0.2) is 5.82 Å². The van der Waals surface area contributed by atoms with Crippen LogP contribution in [-0.2, 0) is 0 Å². The second-order valence-electron chi connectivity index (χ2n) is 4.06. The molecule has 1 aromatic carbocycles. The highest BCUT2D eigenvalue weighted by atomic mass is 79.9. The third kappa shape index (κ3) is 2.50. The summed E-state index contributed by atoms with van der Waals surface area (Å²) in [5.41, 5.74) is 0.368. The summed E-state index contributed by atoms with van der Waals surface area (Å²) in [5.74, 6) is 0.0753. The average Bonchev–Trinajstić information content (AvgIpc) is 2.49. The zero-order valence-corrected chi connectivity index (χ0v) is 11.8. The van der Waals surface area contributed by atoms with Crippen molar-refractivity contribution in [2.75, 3.05) is 5.32 Å². The van der Waals surface area contributed by atoms with Gasteiger partial charge in [0.05, 0.1) is 12.4 Å². The van der Waals surface area contributed by atoms with E-state index in [1.165, 1.54) is 12.4 Å². The number of anilines is 1. The van der Waals surface area contributed by atoms with Crippen molar-refractivity contribution in [1.29, 1.82) is 0 Å². The lowest BCUT2D eigenvalue weighted by Crippen LogP contribution is -2.15. The third-order valence-electron chi connectivity index (χ3n) is 2.75. The van der Waals surface area contributed by atoms with E-state index in [4.69, 9.17) is 0 Å². The Labute approximate surface area is 123 Å². The van der Waals surface area contributed by atoms with Gasteiger partial charge in [-0.15, -0.1) is 0 Å². The van der Waals surface area contributed by atoms with Crippen LogP contribution < -0.4 is 5.32 Å². The van der Waals surface area contributed by atoms with Crippen LogP contribution in [0.15, 0.2) is 53.5 Å². The molecule has 6 heteroatoms. The zero-order valence-electron chi connectivity index (χ0n) is 10.2. The summed E-state index contributed by atoms with van der Waals surface area (Å²) < 4.78 is 0.610. The van der Waals surface area contributed by atoms with Crippen molar-refractivity contribution in [3.05, 3.63) is 59.2 Å². The molecule has 20 heavy (non-hydrogen) atoms. The molecule has 0 fully saturated rings. The van der Waals surface area contributed by atoms with Crippen LogP contribution in [0.2, 0.25) is 0 Å². The molecule has 3 rings (SSSR count). The van der Waals surface area contributed by atoms with Crippen LogP contribution in [0.3, 0.4) is 0 Å². The molecule has 0 radical (unpaired) electrons. The van der Waals surface area contributed by atoms with Crippen molar-refractivity contribution >= 4 is 38.4 Å². The first-order valence-corrected chi connectivity index (χ1v) is 6.66. The Balaban J connectivity index is 1.94. The molecule has 0 saturated carbocycles. The van der Waals surface area contributed by atoms with Gasteiger partial charge < -0.3 is 5.32 Å². The van der Waals surface area contributed by atoms with E-state index >= 15 is 0 Å². The van der Waals surface area contributed by atoms with Crippen LogP contribution in [0.5, 0.6) is 0 Å². The molecule has 1 amide bonds. The first-order valence-electron chi connectivity index (χ1n) is 5.87. The molecular weight excluding hydrogens is 320 g/mol. The minimum Gasteiger partial charge on any atom is -0.304 e. The highest BCUT2D eigenvalue weighted by Crippen LogP contribution is 2.17. The number of hydrogen-bond acceptors (Lipinski definition) is 4. The molecule has 0 aliphatic rings. The Hall–Kier alpha value is -2.34. The topological polar surface area (TPSA) is 67.8 Å². The number of fused-ring (bicyclic) bond motifs is 1. The summed E-state index contributed by atoms with van der Waals surface area (Å²) in [4.78, 5) is 24.5. The predicted molar refractivity (Wildman–Crippen MR) is 79.4 cm³/mol. The van der Waals surface area contributed by atoms with Gasteiger partial charge >= 0.3 is 0 Å². The maximum absolute atomic E-state index is 12.3. The van der Waals surface area contributed by atoms with E-state index in [0.717, 1.165) is 10.8 Å². The molecule has 98 valence electrons. The van der Waals surface area contributed by atoms with Gasteiger partial charge in [-0.05, 0) is 27.4 Å². The van der Waals surface area contributed by atoms with Gasteiger partial charge in [0.2, 0.25) is 0 Å². The molecule has 1 N–H and O–H groups in total. The number of nitrogens with one attached hydrogen (secondary N) is 1. The summed E-state index contributed by atoms with van der Waals surface area (Å²) in [6, 6.07) is 9.47. The van der Waals surface area contributed by atoms with E-state index in [2.05, 4.69) is 36.2 Å². The van der Waals surface area contributed by atoms with Crippen molar-refractivity contribution < 1.29 is 4.79 Å². The predicted octanol–water partition coefficient (Wildman–Crippen LogP) is 3.04. The number of pyridine rings is 1. The molecule has 0 spiro atoms. The van der Waals surface area contributed by atoms with E-state index in [9.17, 15) is 4.79 Å². The van der Waals surface area contributed by atoms with E-state index in [-0.39, 0.29) is 5.91 Å². The lowest BCUT2D eigenvalue weighted by atomic mass is 10.1. The molecule has 0 bridgehead atoms. The third-order valence-corrected chi connectivity index (χ3v) is 3.16. The minimum absolute atomic E-state index is 0.307. The number of amides is 1. The Morgan fingerprint density at radius 2 is 1.90 bits per heavy atom. The Morgan fingerprint density at radius 3 is 2.70 bits per heavy atom. The number of hydrogen-bond donors (Lipinski definition) is 1. The second kappa shape index (κ2) is 5.34. The number of rotatable bonds is 2. The lowest BCUT2D eigenvalue weighted by Gasteiger charge is -2.06. The zero-order chi connectivity index (χ0) is 13.9. The molecule has 2 aromatic heterocycles. The second-order valence-corrected chi connectivity index (χ2v) is 4.87. The number of halogens is 1. The number of carbonyl (C=O) groups is 1. The largest absolute Gasteiger partial charge is 0.304 e. The maximum Gasteiger partial charge on any atom is 0.276 e. The summed E-state index contributed by atoms with van der Waals surface area (Å²) >= 11 is 3.19. The molecule has 0 atom stereocenters. The normalized spacial score (nSPS) is 10.4. The van der Waals surface area contributed by atoms with Gasteiger partial charge in [0.25, 0.3) is 5.91 Å². The standard InChI is InChI=1S/C14H9BrN4O/c15-11-7-18-12(8-17-11)19-14(20)13-10-4-2-1-3-9(10)5-6-16-13/h1-8H,(H,18,19,20). The monoisotopic (exact) mass is 328 g/mol. The highest BCUT2D eigenvalue weighted by Gasteiger charge is 2.12. The fourth-order valence-corrected chi connectivity index (χ4v) is 2.06. The van der Waals surface area contributed by atoms with E-state index in [1.807, 2.05) is 30.3 Å². The first kappa shape index (κ1) is 12.7. The molecule has 2 heterocycles. The fourth-order valence-electron chi connectivity index (χ4n) is 1.85. The molecular formula is C14H9BrN4O. The van der Waals surface area contributed by atoms with E-state index in [1.54, 1.807) is 6.20 Å². The Bertz CT molecular complexity index is 768. The molecule has 0 unspecified atom stereocenters. The van der Waals surface area contributed by atoms with Crippen LogP contribution in [0.4, 0.5) is 5.82 Å². The van der Waals surface area contributed by atoms with Crippen LogP contribution >= 0.6 is 15.9 Å². The van der Waals surface area contributed by atoms with Gasteiger partial charge in [-0.3, -0.25) is 9.78 Å². The van der Waals surface area contributed by atoms with Crippen molar-refractivity contribution in [2.45, 2.75) is 0 Å². The molecule has 0 aliphatic carbocycles. The first-order chi connectivity index (χ1) is 9.74. The maximum atomic E-state index is 12.3. The summed E-state index contributed by atoms with van der Waals surface area (Å²) in [6.45, 7) is 0. The van der Waals surface area contributed by atoms with Crippen molar-refractivity contribution in [3.63, 3.8) is 0 Å². The van der Waals surface area contributed by atoms with Crippen molar-refractivity contribution in [1.82, 2.24) is 15.0 Å². The van der Waals surface area contributed by atoms with E-state index < -0.39 is 0 Å². The average molecular weight is 329 g/mol. The summed E-state index contributed by atoms with van der Waals surface area (Å²) in [5, 5.41) is 4.45. The van der Waals surface area contributed by atoms with Gasteiger partial charge in [-0.2, -0.15) is 0 Å². The Morgan fingerprint density at radius 1 is 1.05 bits per heavy atom. The molecule has 0 aliphatic heterocycles. The quantitative estimate of drug-likeness (QED) is 0.785. The Kier molecular flexibility index (Phi) is 3.39. The molecule has 0 saturated heterocycles. The number of aromatic nitrogens is 3. The highest BCUT2D eigenvalue weighted by molar-refractivity contribution is 9.10. The van der Waals surface area contributed by atoms with Gasteiger partial charge in [0, 0.05) is 11.6 Å². The summed E-state index contributed by atoms with van der Waals surface area (Å²) in [7, 11) is 0. The van der Waals surface area contributed by atoms with Gasteiger partial charge in [-0.1, -0.05) is 24.3 Å². The smallest absolute Gasteiger partial charge is 0.276 e. The molecule has 3 aromatic rings. The lowest BCUT2D eigenvalue weighted by molar-refractivity contribution is 0.102. The van der Waals surface area contributed by atoms with Crippen LogP contribution in [-0.4, -0.2) is 20.9 Å². The van der Waals surface area contributed by atoms with Crippen LogP contribution in [0.1, 0.15) is 10.5 Å². The number of carbonyl (C=O) groups excluding carboxylic acids is 1. The summed E-state index contributed by atoms with van der Waals surface area (Å²) in [6.07, 6.45) is 4.61.